The fourth-order valence-corrected chi connectivity index (χ4v) is 9.51. The molecule has 398 valence electrons. The summed E-state index contributed by atoms with van der Waals surface area (Å²) in [6.07, 6.45) is 64.1. The molecular formula is C61H118O6. The third-order valence-electron chi connectivity index (χ3n) is 14.1. The van der Waals surface area contributed by atoms with Crippen molar-refractivity contribution in [3.05, 3.63) is 0 Å². The quantitative estimate of drug-likeness (QED) is 0.0343. The zero-order valence-corrected chi connectivity index (χ0v) is 45.7. The Hall–Kier alpha value is -1.59. The fraction of sp³-hybridized carbons (Fsp3) is 0.951. The number of unbranched alkanes of at least 4 members (excludes halogenated alkanes) is 46. The Balaban J connectivity index is 4.07. The minimum atomic E-state index is -0.760. The van der Waals surface area contributed by atoms with E-state index in [4.69, 9.17) is 14.2 Å². The van der Waals surface area contributed by atoms with E-state index >= 15 is 0 Å². The van der Waals surface area contributed by atoms with Gasteiger partial charge in [0.1, 0.15) is 13.2 Å². The summed E-state index contributed by atoms with van der Waals surface area (Å²) in [4.78, 5) is 38.0. The molecule has 0 aliphatic heterocycles. The molecular weight excluding hydrogens is 829 g/mol. The molecule has 6 nitrogen and oxygen atoms in total. The van der Waals surface area contributed by atoms with Crippen LogP contribution >= 0.6 is 0 Å². The first-order valence-electron chi connectivity index (χ1n) is 30.5. The molecule has 0 amide bonds. The summed E-state index contributed by atoms with van der Waals surface area (Å²) >= 11 is 0. The summed E-state index contributed by atoms with van der Waals surface area (Å²) in [5.74, 6) is -0.836. The van der Waals surface area contributed by atoms with Crippen LogP contribution in [0.5, 0.6) is 0 Å². The molecule has 0 saturated carbocycles. The Morgan fingerprint density at radius 2 is 0.403 bits per heavy atom. The molecule has 0 fully saturated rings. The maximum absolute atomic E-state index is 12.8. The van der Waals surface area contributed by atoms with Crippen molar-refractivity contribution in [1.29, 1.82) is 0 Å². The van der Waals surface area contributed by atoms with Crippen LogP contribution in [0.15, 0.2) is 0 Å². The topological polar surface area (TPSA) is 78.9 Å². The van der Waals surface area contributed by atoms with Crippen LogP contribution in [0.3, 0.4) is 0 Å². The second-order valence-corrected chi connectivity index (χ2v) is 21.0. The van der Waals surface area contributed by atoms with E-state index < -0.39 is 6.10 Å². The highest BCUT2D eigenvalue weighted by Crippen LogP contribution is 2.18. The van der Waals surface area contributed by atoms with Gasteiger partial charge in [-0.05, 0) is 19.3 Å². The molecule has 67 heavy (non-hydrogen) atoms. The van der Waals surface area contributed by atoms with Crippen molar-refractivity contribution >= 4 is 17.9 Å². The largest absolute Gasteiger partial charge is 0.462 e. The fourth-order valence-electron chi connectivity index (χ4n) is 9.51. The normalized spacial score (nSPS) is 11.9. The number of carbonyl (C=O) groups is 3. The maximum Gasteiger partial charge on any atom is 0.306 e. The van der Waals surface area contributed by atoms with Crippen molar-refractivity contribution in [1.82, 2.24) is 0 Å². The second kappa shape index (κ2) is 57.0. The van der Waals surface area contributed by atoms with Crippen molar-refractivity contribution in [2.75, 3.05) is 13.2 Å². The molecule has 0 N–H and O–H groups in total. The Kier molecular flexibility index (Phi) is 55.6. The molecule has 0 aliphatic rings. The maximum atomic E-state index is 12.8. The summed E-state index contributed by atoms with van der Waals surface area (Å²) in [7, 11) is 0. The predicted octanol–water partition coefficient (Wildman–Crippen LogP) is 20.3. The van der Waals surface area contributed by atoms with Crippen LogP contribution in [0, 0.1) is 0 Å². The zero-order valence-electron chi connectivity index (χ0n) is 45.7. The van der Waals surface area contributed by atoms with E-state index in [9.17, 15) is 14.4 Å². The minimum absolute atomic E-state index is 0.0614. The number of hydrogen-bond donors (Lipinski definition) is 0. The highest BCUT2D eigenvalue weighted by Gasteiger charge is 2.19. The lowest BCUT2D eigenvalue weighted by Crippen LogP contribution is -2.30. The van der Waals surface area contributed by atoms with Gasteiger partial charge in [0.25, 0.3) is 0 Å². The monoisotopic (exact) mass is 947 g/mol. The molecule has 0 saturated heterocycles. The van der Waals surface area contributed by atoms with Crippen molar-refractivity contribution < 1.29 is 28.6 Å². The molecule has 0 aromatic rings. The lowest BCUT2D eigenvalue weighted by Gasteiger charge is -2.18. The first-order valence-corrected chi connectivity index (χ1v) is 30.5. The van der Waals surface area contributed by atoms with Crippen molar-refractivity contribution in [2.24, 2.45) is 0 Å². The Morgan fingerprint density at radius 3 is 0.597 bits per heavy atom. The molecule has 0 heterocycles. The highest BCUT2D eigenvalue weighted by atomic mass is 16.6. The summed E-state index contributed by atoms with van der Waals surface area (Å²) in [5.41, 5.74) is 0. The van der Waals surface area contributed by atoms with Gasteiger partial charge in [-0.1, -0.05) is 316 Å². The van der Waals surface area contributed by atoms with Gasteiger partial charge in [-0.2, -0.15) is 0 Å². The van der Waals surface area contributed by atoms with Crippen LogP contribution in [0.2, 0.25) is 0 Å². The van der Waals surface area contributed by atoms with Crippen LogP contribution < -0.4 is 0 Å². The van der Waals surface area contributed by atoms with Crippen LogP contribution in [0.4, 0.5) is 0 Å². The summed E-state index contributed by atoms with van der Waals surface area (Å²) in [6, 6.07) is 0. The Bertz CT molecular complexity index is 998. The third kappa shape index (κ3) is 55.2. The number of esters is 3. The molecule has 0 bridgehead atoms. The van der Waals surface area contributed by atoms with Gasteiger partial charge >= 0.3 is 17.9 Å². The Morgan fingerprint density at radius 1 is 0.239 bits per heavy atom. The van der Waals surface area contributed by atoms with Crippen molar-refractivity contribution in [2.45, 2.75) is 361 Å². The van der Waals surface area contributed by atoms with Gasteiger partial charge in [-0.25, -0.2) is 0 Å². The first-order chi connectivity index (χ1) is 33.0. The minimum Gasteiger partial charge on any atom is -0.462 e. The van der Waals surface area contributed by atoms with Gasteiger partial charge in [0.15, 0.2) is 6.10 Å². The standard InChI is InChI=1S/C61H118O6/c1-4-7-10-13-16-19-21-23-25-26-27-28-29-30-31-32-33-34-35-36-38-39-42-45-48-51-54-60(63)66-57-58(56-65-59(62)53-50-47-44-41-18-15-12-9-6-3)67-61(64)55-52-49-46-43-40-37-24-22-20-17-14-11-8-5-2/h58H,4-57H2,1-3H3. The Labute approximate surface area is 418 Å². The highest BCUT2D eigenvalue weighted by molar-refractivity contribution is 5.71. The molecule has 0 rings (SSSR count). The van der Waals surface area contributed by atoms with E-state index in [1.165, 1.54) is 257 Å². The number of hydrogen-bond acceptors (Lipinski definition) is 6. The molecule has 0 aromatic heterocycles. The van der Waals surface area contributed by atoms with Gasteiger partial charge in [0.05, 0.1) is 0 Å². The van der Waals surface area contributed by atoms with E-state index in [1.807, 2.05) is 0 Å². The summed E-state index contributed by atoms with van der Waals surface area (Å²) in [5, 5.41) is 0. The van der Waals surface area contributed by atoms with Crippen molar-refractivity contribution in [3.8, 4) is 0 Å². The molecule has 6 heteroatoms. The predicted molar refractivity (Wildman–Crippen MR) is 289 cm³/mol. The third-order valence-corrected chi connectivity index (χ3v) is 14.1. The van der Waals surface area contributed by atoms with Gasteiger partial charge in [0.2, 0.25) is 0 Å². The van der Waals surface area contributed by atoms with E-state index in [0.717, 1.165) is 57.8 Å². The molecule has 1 atom stereocenters. The molecule has 0 aliphatic carbocycles. The average molecular weight is 948 g/mol. The van der Waals surface area contributed by atoms with E-state index in [2.05, 4.69) is 20.8 Å². The lowest BCUT2D eigenvalue weighted by molar-refractivity contribution is -0.167. The zero-order chi connectivity index (χ0) is 48.6. The van der Waals surface area contributed by atoms with E-state index in [0.29, 0.717) is 19.3 Å². The summed E-state index contributed by atoms with van der Waals surface area (Å²) < 4.78 is 16.9. The van der Waals surface area contributed by atoms with Gasteiger partial charge in [-0.15, -0.1) is 0 Å². The molecule has 0 spiro atoms. The van der Waals surface area contributed by atoms with Crippen LogP contribution in [-0.2, 0) is 28.6 Å². The van der Waals surface area contributed by atoms with Gasteiger partial charge in [-0.3, -0.25) is 14.4 Å². The van der Waals surface area contributed by atoms with E-state index in [1.54, 1.807) is 0 Å². The first kappa shape index (κ1) is 65.4. The van der Waals surface area contributed by atoms with Crippen LogP contribution in [0.1, 0.15) is 355 Å². The van der Waals surface area contributed by atoms with Crippen LogP contribution in [0.25, 0.3) is 0 Å². The molecule has 0 aromatic carbocycles. The number of ether oxygens (including phenoxy) is 3. The van der Waals surface area contributed by atoms with Crippen LogP contribution in [-0.4, -0.2) is 37.2 Å². The van der Waals surface area contributed by atoms with Gasteiger partial charge in [0, 0.05) is 19.3 Å². The number of rotatable bonds is 57. The molecule has 0 radical (unpaired) electrons. The van der Waals surface area contributed by atoms with Gasteiger partial charge < -0.3 is 14.2 Å². The summed E-state index contributed by atoms with van der Waals surface area (Å²) in [6.45, 7) is 6.69. The average Bonchev–Trinajstić information content (AvgIpc) is 3.33. The number of carbonyl (C=O) groups excluding carboxylic acids is 3. The van der Waals surface area contributed by atoms with Crippen molar-refractivity contribution in [3.63, 3.8) is 0 Å². The molecule has 1 unspecified atom stereocenters. The SMILES string of the molecule is CCCCCCCCCCCCCCCCCCCCCCCCCCCCC(=O)OCC(COC(=O)CCCCCCCCCCC)OC(=O)CCCCCCCCCCCCCCCC. The lowest BCUT2D eigenvalue weighted by atomic mass is 10.0. The smallest absolute Gasteiger partial charge is 0.306 e. The second-order valence-electron chi connectivity index (χ2n) is 21.0. The van der Waals surface area contributed by atoms with E-state index in [-0.39, 0.29) is 31.1 Å².